The molecule has 1 heterocycles. The highest BCUT2D eigenvalue weighted by Gasteiger charge is 2.27. The largest absolute Gasteiger partial charge is 0.371 e. The van der Waals surface area contributed by atoms with Gasteiger partial charge in [-0.2, -0.15) is 10.2 Å². The van der Waals surface area contributed by atoms with Crippen LogP contribution in [0.2, 0.25) is 0 Å². The molecule has 0 aliphatic rings. The fourth-order valence-corrected chi connectivity index (χ4v) is 1.18. The first-order chi connectivity index (χ1) is 7.51. The summed E-state index contributed by atoms with van der Waals surface area (Å²) < 4.78 is 10.4. The van der Waals surface area contributed by atoms with Gasteiger partial charge in [0.1, 0.15) is 5.60 Å². The number of nitriles is 1. The van der Waals surface area contributed by atoms with E-state index in [0.717, 1.165) is 6.42 Å². The van der Waals surface area contributed by atoms with Crippen LogP contribution in [0.3, 0.4) is 0 Å². The minimum Gasteiger partial charge on any atom is -0.371 e. The van der Waals surface area contributed by atoms with Crippen LogP contribution in [0.1, 0.15) is 51.2 Å². The molecule has 1 aromatic heterocycles. The number of rotatable bonds is 5. The number of hydrogen-bond donors (Lipinski definition) is 0. The third-order valence-electron chi connectivity index (χ3n) is 2.60. The summed E-state index contributed by atoms with van der Waals surface area (Å²) in [7, 11) is 1.61. The molecule has 0 spiro atoms. The molecule has 0 saturated carbocycles. The molecule has 1 unspecified atom stereocenters. The van der Waals surface area contributed by atoms with Gasteiger partial charge in [0, 0.05) is 19.4 Å². The fraction of sp³-hybridized carbons (Fsp3) is 0.727. The van der Waals surface area contributed by atoms with Crippen molar-refractivity contribution in [2.75, 3.05) is 7.11 Å². The summed E-state index contributed by atoms with van der Waals surface area (Å²) in [5.41, 5.74) is -0.545. The monoisotopic (exact) mass is 223 g/mol. The van der Waals surface area contributed by atoms with Gasteiger partial charge in [0.15, 0.2) is 0 Å². The van der Waals surface area contributed by atoms with Crippen molar-refractivity contribution in [2.24, 2.45) is 0 Å². The van der Waals surface area contributed by atoms with E-state index < -0.39 is 5.60 Å². The van der Waals surface area contributed by atoms with Crippen molar-refractivity contribution in [3.8, 4) is 6.07 Å². The Morgan fingerprint density at radius 1 is 1.56 bits per heavy atom. The zero-order valence-electron chi connectivity index (χ0n) is 10.1. The minimum absolute atomic E-state index is 0.105. The van der Waals surface area contributed by atoms with Crippen molar-refractivity contribution in [3.63, 3.8) is 0 Å². The Morgan fingerprint density at radius 3 is 2.81 bits per heavy atom. The van der Waals surface area contributed by atoms with Crippen LogP contribution in [0.25, 0.3) is 0 Å². The lowest BCUT2D eigenvalue weighted by molar-refractivity contribution is 0.00973. The van der Waals surface area contributed by atoms with Gasteiger partial charge < -0.3 is 9.26 Å². The number of hydrogen-bond acceptors (Lipinski definition) is 5. The number of aromatic nitrogens is 2. The second kappa shape index (κ2) is 5.08. The predicted molar refractivity (Wildman–Crippen MR) is 57.6 cm³/mol. The first kappa shape index (κ1) is 12.7. The molecule has 1 atom stereocenters. The van der Waals surface area contributed by atoms with Gasteiger partial charge in [-0.15, -0.1) is 0 Å². The third-order valence-corrected chi connectivity index (χ3v) is 2.60. The van der Waals surface area contributed by atoms with Gasteiger partial charge in [0.25, 0.3) is 0 Å². The van der Waals surface area contributed by atoms with Crippen LogP contribution in [-0.2, 0) is 10.3 Å². The van der Waals surface area contributed by atoms with Crippen LogP contribution >= 0.6 is 0 Å². The summed E-state index contributed by atoms with van der Waals surface area (Å²) in [5.74, 6) is 1.21. The molecule has 16 heavy (non-hydrogen) atoms. The molecule has 0 radical (unpaired) electrons. The SMILES string of the molecule is COC(C)(C)c1noc(C(C)CCC#N)n1. The van der Waals surface area contributed by atoms with E-state index in [1.807, 2.05) is 20.8 Å². The molecule has 5 nitrogen and oxygen atoms in total. The summed E-state index contributed by atoms with van der Waals surface area (Å²) >= 11 is 0. The van der Waals surface area contributed by atoms with E-state index in [4.69, 9.17) is 14.5 Å². The normalized spacial score (nSPS) is 13.4. The molecule has 0 N–H and O–H groups in total. The van der Waals surface area contributed by atoms with Crippen molar-refractivity contribution >= 4 is 0 Å². The first-order valence-electron chi connectivity index (χ1n) is 5.27. The molecule has 0 amide bonds. The Hall–Kier alpha value is -1.41. The van der Waals surface area contributed by atoms with Crippen LogP contribution < -0.4 is 0 Å². The first-order valence-corrected chi connectivity index (χ1v) is 5.27. The van der Waals surface area contributed by atoms with E-state index in [1.165, 1.54) is 0 Å². The maximum Gasteiger partial charge on any atom is 0.229 e. The van der Waals surface area contributed by atoms with E-state index in [-0.39, 0.29) is 5.92 Å². The summed E-state index contributed by atoms with van der Waals surface area (Å²) in [5, 5.41) is 12.4. The smallest absolute Gasteiger partial charge is 0.229 e. The van der Waals surface area contributed by atoms with Gasteiger partial charge in [-0.25, -0.2) is 0 Å². The van der Waals surface area contributed by atoms with Crippen molar-refractivity contribution in [3.05, 3.63) is 11.7 Å². The Bertz CT molecular complexity index is 379. The van der Waals surface area contributed by atoms with Crippen LogP contribution in [0.5, 0.6) is 0 Å². The van der Waals surface area contributed by atoms with Gasteiger partial charge in [-0.3, -0.25) is 0 Å². The fourth-order valence-electron chi connectivity index (χ4n) is 1.18. The third kappa shape index (κ3) is 2.80. The Balaban J connectivity index is 2.75. The Kier molecular flexibility index (Phi) is 4.02. The summed E-state index contributed by atoms with van der Waals surface area (Å²) in [4.78, 5) is 4.29. The maximum absolute atomic E-state index is 8.50. The highest BCUT2D eigenvalue weighted by atomic mass is 16.5. The molecule has 1 rings (SSSR count). The molecule has 0 fully saturated rings. The van der Waals surface area contributed by atoms with Gasteiger partial charge in [-0.05, 0) is 20.3 Å². The van der Waals surface area contributed by atoms with Crippen LogP contribution in [0, 0.1) is 11.3 Å². The quantitative estimate of drug-likeness (QED) is 0.766. The summed E-state index contributed by atoms with van der Waals surface area (Å²) in [6, 6.07) is 2.10. The molecule has 1 aromatic rings. The standard InChI is InChI=1S/C11H17N3O2/c1-8(6-5-7-12)9-13-10(14-16-9)11(2,3)15-4/h8H,5-6H2,1-4H3. The Labute approximate surface area is 95.4 Å². The van der Waals surface area contributed by atoms with Crippen molar-refractivity contribution < 1.29 is 9.26 Å². The van der Waals surface area contributed by atoms with Crippen LogP contribution in [0.4, 0.5) is 0 Å². The second-order valence-electron chi connectivity index (χ2n) is 4.27. The highest BCUT2D eigenvalue weighted by molar-refractivity contribution is 5.00. The number of methoxy groups -OCH3 is 1. The molecule has 88 valence electrons. The van der Waals surface area contributed by atoms with E-state index in [9.17, 15) is 0 Å². The lowest BCUT2D eigenvalue weighted by Crippen LogP contribution is -2.21. The van der Waals surface area contributed by atoms with Gasteiger partial charge in [-0.1, -0.05) is 12.1 Å². The highest BCUT2D eigenvalue weighted by Crippen LogP contribution is 2.24. The maximum atomic E-state index is 8.50. The van der Waals surface area contributed by atoms with E-state index in [1.54, 1.807) is 7.11 Å². The van der Waals surface area contributed by atoms with Crippen LogP contribution in [0.15, 0.2) is 4.52 Å². The van der Waals surface area contributed by atoms with Gasteiger partial charge in [0.2, 0.25) is 11.7 Å². The van der Waals surface area contributed by atoms with Crippen molar-refractivity contribution in [2.45, 2.75) is 45.1 Å². The summed E-state index contributed by atoms with van der Waals surface area (Å²) in [6.07, 6.45) is 1.22. The zero-order valence-corrected chi connectivity index (χ0v) is 10.1. The van der Waals surface area contributed by atoms with E-state index in [0.29, 0.717) is 18.1 Å². The minimum atomic E-state index is -0.545. The number of nitrogens with zero attached hydrogens (tertiary/aromatic N) is 3. The molecular weight excluding hydrogens is 206 g/mol. The molecular formula is C11H17N3O2. The number of ether oxygens (including phenoxy) is 1. The average Bonchev–Trinajstić information content (AvgIpc) is 2.75. The predicted octanol–water partition coefficient (Wildman–Crippen LogP) is 2.36. The zero-order chi connectivity index (χ0) is 12.2. The molecule has 0 aliphatic heterocycles. The van der Waals surface area contributed by atoms with Gasteiger partial charge >= 0.3 is 0 Å². The second-order valence-corrected chi connectivity index (χ2v) is 4.27. The Morgan fingerprint density at radius 2 is 2.25 bits per heavy atom. The van der Waals surface area contributed by atoms with E-state index >= 15 is 0 Å². The molecule has 0 saturated heterocycles. The van der Waals surface area contributed by atoms with Crippen molar-refractivity contribution in [1.29, 1.82) is 5.26 Å². The van der Waals surface area contributed by atoms with Crippen molar-refractivity contribution in [1.82, 2.24) is 10.1 Å². The lowest BCUT2D eigenvalue weighted by atomic mass is 10.1. The van der Waals surface area contributed by atoms with Crippen LogP contribution in [-0.4, -0.2) is 17.3 Å². The van der Waals surface area contributed by atoms with E-state index in [2.05, 4.69) is 16.2 Å². The molecule has 0 aliphatic carbocycles. The lowest BCUT2D eigenvalue weighted by Gasteiger charge is -2.17. The molecule has 0 aromatic carbocycles. The molecule has 0 bridgehead atoms. The summed E-state index contributed by atoms with van der Waals surface area (Å²) in [6.45, 7) is 5.72. The molecule has 5 heteroatoms. The topological polar surface area (TPSA) is 71.9 Å². The average molecular weight is 223 g/mol. The van der Waals surface area contributed by atoms with Gasteiger partial charge in [0.05, 0.1) is 6.07 Å².